The highest BCUT2D eigenvalue weighted by atomic mass is 16.2. The first kappa shape index (κ1) is 7.25. The molecule has 0 fully saturated rings. The molecule has 3 nitrogen and oxygen atoms in total. The number of carbonyl (C=O) groups is 1. The van der Waals surface area contributed by atoms with Gasteiger partial charge in [-0.05, 0) is 13.3 Å². The van der Waals surface area contributed by atoms with Crippen molar-refractivity contribution < 1.29 is 4.79 Å². The summed E-state index contributed by atoms with van der Waals surface area (Å²) < 4.78 is 0. The zero-order chi connectivity index (χ0) is 7.56. The van der Waals surface area contributed by atoms with Crippen molar-refractivity contribution in [1.82, 2.24) is 5.01 Å². The standard InChI is InChI=1S/C7H12N2O/c1-3-4-9-7(10)5-6(2)8-9/h3-5H2,1-2H3. The summed E-state index contributed by atoms with van der Waals surface area (Å²) >= 11 is 0. The zero-order valence-electron chi connectivity index (χ0n) is 6.42. The summed E-state index contributed by atoms with van der Waals surface area (Å²) in [6, 6.07) is 0. The Bertz CT molecular complexity index is 174. The Morgan fingerprint density at radius 3 is 2.80 bits per heavy atom. The number of rotatable bonds is 2. The topological polar surface area (TPSA) is 32.7 Å². The van der Waals surface area contributed by atoms with Gasteiger partial charge in [0.25, 0.3) is 0 Å². The van der Waals surface area contributed by atoms with Crippen LogP contribution in [0, 0.1) is 0 Å². The minimum atomic E-state index is 0.138. The van der Waals surface area contributed by atoms with E-state index in [4.69, 9.17) is 0 Å². The number of hydrazone groups is 1. The maximum Gasteiger partial charge on any atom is 0.248 e. The van der Waals surface area contributed by atoms with Gasteiger partial charge >= 0.3 is 0 Å². The molecule has 0 unspecified atom stereocenters. The van der Waals surface area contributed by atoms with Crippen molar-refractivity contribution in [1.29, 1.82) is 0 Å². The normalized spacial score (nSPS) is 18.0. The predicted molar refractivity (Wildman–Crippen MR) is 39.7 cm³/mol. The van der Waals surface area contributed by atoms with Crippen LogP contribution in [0.1, 0.15) is 26.7 Å². The van der Waals surface area contributed by atoms with Crippen LogP contribution in [-0.2, 0) is 4.79 Å². The predicted octanol–water partition coefficient (Wildman–Crippen LogP) is 1.00. The Labute approximate surface area is 60.7 Å². The summed E-state index contributed by atoms with van der Waals surface area (Å²) in [6.07, 6.45) is 1.49. The molecule has 0 radical (unpaired) electrons. The van der Waals surface area contributed by atoms with Gasteiger partial charge in [-0.25, -0.2) is 5.01 Å². The maximum absolute atomic E-state index is 11.0. The summed E-state index contributed by atoms with van der Waals surface area (Å²) in [6.45, 7) is 4.68. The largest absolute Gasteiger partial charge is 0.273 e. The minimum Gasteiger partial charge on any atom is -0.273 e. The molecule has 0 atom stereocenters. The molecule has 0 bridgehead atoms. The molecule has 0 aromatic rings. The highest BCUT2D eigenvalue weighted by Crippen LogP contribution is 2.07. The SMILES string of the molecule is CCCN1N=C(C)CC1=O. The molecule has 0 aliphatic carbocycles. The monoisotopic (exact) mass is 140 g/mol. The van der Waals surface area contributed by atoms with E-state index >= 15 is 0 Å². The average molecular weight is 140 g/mol. The highest BCUT2D eigenvalue weighted by Gasteiger charge is 2.19. The van der Waals surface area contributed by atoms with Gasteiger partial charge in [0.1, 0.15) is 0 Å². The van der Waals surface area contributed by atoms with Gasteiger partial charge in [0.2, 0.25) is 5.91 Å². The van der Waals surface area contributed by atoms with E-state index in [1.165, 1.54) is 0 Å². The van der Waals surface area contributed by atoms with Gasteiger partial charge in [-0.15, -0.1) is 0 Å². The summed E-state index contributed by atoms with van der Waals surface area (Å²) in [7, 11) is 0. The molecule has 0 N–H and O–H groups in total. The second kappa shape index (κ2) is 2.82. The maximum atomic E-state index is 11.0. The van der Waals surface area contributed by atoms with Crippen molar-refractivity contribution in [2.75, 3.05) is 6.54 Å². The zero-order valence-corrected chi connectivity index (χ0v) is 6.42. The van der Waals surface area contributed by atoms with Gasteiger partial charge in [-0.2, -0.15) is 5.10 Å². The van der Waals surface area contributed by atoms with Crippen LogP contribution in [-0.4, -0.2) is 23.2 Å². The van der Waals surface area contributed by atoms with E-state index in [0.29, 0.717) is 6.42 Å². The first-order valence-electron chi connectivity index (χ1n) is 3.58. The van der Waals surface area contributed by atoms with Crippen LogP contribution in [0.4, 0.5) is 0 Å². The fourth-order valence-electron chi connectivity index (χ4n) is 0.994. The lowest BCUT2D eigenvalue weighted by Gasteiger charge is -2.08. The summed E-state index contributed by atoms with van der Waals surface area (Å²) in [5.74, 6) is 0.138. The average Bonchev–Trinajstić information content (AvgIpc) is 2.13. The molecular formula is C7H12N2O. The molecule has 0 saturated carbocycles. The fraction of sp³-hybridized carbons (Fsp3) is 0.714. The van der Waals surface area contributed by atoms with Crippen molar-refractivity contribution in [3.8, 4) is 0 Å². The van der Waals surface area contributed by atoms with E-state index in [9.17, 15) is 4.79 Å². The molecule has 1 rings (SSSR count). The van der Waals surface area contributed by atoms with Crippen LogP contribution in [0.5, 0.6) is 0 Å². The molecule has 0 saturated heterocycles. The third kappa shape index (κ3) is 1.35. The first-order valence-corrected chi connectivity index (χ1v) is 3.58. The lowest BCUT2D eigenvalue weighted by molar-refractivity contribution is -0.128. The Morgan fingerprint density at radius 1 is 1.70 bits per heavy atom. The smallest absolute Gasteiger partial charge is 0.248 e. The van der Waals surface area contributed by atoms with Gasteiger partial charge in [0.15, 0.2) is 0 Å². The summed E-state index contributed by atoms with van der Waals surface area (Å²) in [5.41, 5.74) is 0.929. The van der Waals surface area contributed by atoms with Crippen molar-refractivity contribution >= 4 is 11.6 Å². The van der Waals surface area contributed by atoms with Crippen LogP contribution in [0.2, 0.25) is 0 Å². The molecule has 1 aliphatic heterocycles. The van der Waals surface area contributed by atoms with Crippen LogP contribution >= 0.6 is 0 Å². The summed E-state index contributed by atoms with van der Waals surface area (Å²) in [4.78, 5) is 11.0. The second-order valence-electron chi connectivity index (χ2n) is 2.53. The van der Waals surface area contributed by atoms with Gasteiger partial charge in [-0.1, -0.05) is 6.92 Å². The van der Waals surface area contributed by atoms with Crippen molar-refractivity contribution in [3.05, 3.63) is 0 Å². The molecule has 1 heterocycles. The number of hydrogen-bond donors (Lipinski definition) is 0. The summed E-state index contributed by atoms with van der Waals surface area (Å²) in [5, 5.41) is 5.61. The number of hydrogen-bond acceptors (Lipinski definition) is 2. The number of carbonyl (C=O) groups excluding carboxylic acids is 1. The van der Waals surface area contributed by atoms with Crippen LogP contribution < -0.4 is 0 Å². The van der Waals surface area contributed by atoms with Gasteiger partial charge in [0.05, 0.1) is 6.42 Å². The fourth-order valence-corrected chi connectivity index (χ4v) is 0.994. The van der Waals surface area contributed by atoms with Gasteiger partial charge < -0.3 is 0 Å². The number of amides is 1. The Morgan fingerprint density at radius 2 is 2.40 bits per heavy atom. The number of nitrogens with zero attached hydrogens (tertiary/aromatic N) is 2. The van der Waals surface area contributed by atoms with Crippen molar-refractivity contribution in [2.24, 2.45) is 5.10 Å². The van der Waals surface area contributed by atoms with E-state index in [2.05, 4.69) is 5.10 Å². The Balaban J connectivity index is 2.52. The molecule has 0 spiro atoms. The molecule has 0 aromatic heterocycles. The van der Waals surface area contributed by atoms with E-state index < -0.39 is 0 Å². The highest BCUT2D eigenvalue weighted by molar-refractivity contribution is 6.03. The van der Waals surface area contributed by atoms with Crippen LogP contribution in [0.15, 0.2) is 5.10 Å². The molecule has 1 aliphatic rings. The third-order valence-corrected chi connectivity index (χ3v) is 1.42. The van der Waals surface area contributed by atoms with Crippen LogP contribution in [0.25, 0.3) is 0 Å². The lowest BCUT2D eigenvalue weighted by Crippen LogP contribution is -2.21. The molecule has 1 amide bonds. The first-order chi connectivity index (χ1) is 4.74. The van der Waals surface area contributed by atoms with Crippen molar-refractivity contribution in [3.63, 3.8) is 0 Å². The van der Waals surface area contributed by atoms with Gasteiger partial charge in [0, 0.05) is 12.3 Å². The minimum absolute atomic E-state index is 0.138. The third-order valence-electron chi connectivity index (χ3n) is 1.42. The molecule has 10 heavy (non-hydrogen) atoms. The van der Waals surface area contributed by atoms with Gasteiger partial charge in [-0.3, -0.25) is 4.79 Å². The molecule has 0 aromatic carbocycles. The molecule has 3 heteroatoms. The second-order valence-corrected chi connectivity index (χ2v) is 2.53. The lowest BCUT2D eigenvalue weighted by atomic mass is 10.3. The Hall–Kier alpha value is -0.860. The Kier molecular flexibility index (Phi) is 2.04. The van der Waals surface area contributed by atoms with Crippen molar-refractivity contribution in [2.45, 2.75) is 26.7 Å². The van der Waals surface area contributed by atoms with E-state index in [-0.39, 0.29) is 5.91 Å². The molecular weight excluding hydrogens is 128 g/mol. The molecule has 56 valence electrons. The van der Waals surface area contributed by atoms with E-state index in [1.807, 2.05) is 13.8 Å². The van der Waals surface area contributed by atoms with E-state index in [1.54, 1.807) is 5.01 Å². The van der Waals surface area contributed by atoms with E-state index in [0.717, 1.165) is 18.7 Å². The quantitative estimate of drug-likeness (QED) is 0.563. The van der Waals surface area contributed by atoms with Crippen LogP contribution in [0.3, 0.4) is 0 Å².